The van der Waals surface area contributed by atoms with Crippen LogP contribution in [0.1, 0.15) is 35.4 Å². The number of amides is 1. The molecule has 25 heavy (non-hydrogen) atoms. The number of carbonyl (C=O) groups excluding carboxylic acids is 1. The van der Waals surface area contributed by atoms with Gasteiger partial charge >= 0.3 is 0 Å². The quantitative estimate of drug-likeness (QED) is 0.791. The van der Waals surface area contributed by atoms with Crippen molar-refractivity contribution in [1.82, 2.24) is 14.5 Å². The highest BCUT2D eigenvalue weighted by molar-refractivity contribution is 6.04. The number of benzene rings is 1. The lowest BCUT2D eigenvalue weighted by Gasteiger charge is -2.09. The summed E-state index contributed by atoms with van der Waals surface area (Å²) in [5.41, 5.74) is 3.37. The standard InChI is InChI=1S/C20H20N4O/c25-20(22-16-10-12-21-13-11-16)18-17-9-5-2-6-14-24(17)19(23-18)15-7-3-1-4-8-15/h1,3-4,7-8,10-13H,2,5-6,9,14H2,(H,21,22,25). The Labute approximate surface area is 146 Å². The van der Waals surface area contributed by atoms with Crippen LogP contribution >= 0.6 is 0 Å². The van der Waals surface area contributed by atoms with Crippen LogP contribution in [0.4, 0.5) is 5.69 Å². The summed E-state index contributed by atoms with van der Waals surface area (Å²) in [5, 5.41) is 2.94. The van der Waals surface area contributed by atoms with Gasteiger partial charge < -0.3 is 9.88 Å². The molecule has 0 unspecified atom stereocenters. The minimum atomic E-state index is -0.154. The van der Waals surface area contributed by atoms with Crippen LogP contribution in [0.15, 0.2) is 54.9 Å². The van der Waals surface area contributed by atoms with Gasteiger partial charge in [-0.2, -0.15) is 0 Å². The molecule has 0 aliphatic carbocycles. The van der Waals surface area contributed by atoms with Crippen molar-refractivity contribution < 1.29 is 4.79 Å². The van der Waals surface area contributed by atoms with Crippen molar-refractivity contribution in [3.63, 3.8) is 0 Å². The Kier molecular flexibility index (Phi) is 4.29. The number of hydrogen-bond acceptors (Lipinski definition) is 3. The Morgan fingerprint density at radius 1 is 1.00 bits per heavy atom. The Morgan fingerprint density at radius 2 is 1.80 bits per heavy atom. The second-order valence-electron chi connectivity index (χ2n) is 6.25. The molecule has 3 heterocycles. The molecule has 1 N–H and O–H groups in total. The summed E-state index contributed by atoms with van der Waals surface area (Å²) in [7, 11) is 0. The molecule has 5 heteroatoms. The number of pyridine rings is 1. The highest BCUT2D eigenvalue weighted by Gasteiger charge is 2.24. The van der Waals surface area contributed by atoms with Gasteiger partial charge in [-0.15, -0.1) is 0 Å². The Morgan fingerprint density at radius 3 is 2.60 bits per heavy atom. The summed E-state index contributed by atoms with van der Waals surface area (Å²) >= 11 is 0. The van der Waals surface area contributed by atoms with Gasteiger partial charge in [0.05, 0.1) is 5.69 Å². The lowest BCUT2D eigenvalue weighted by Crippen LogP contribution is -2.15. The Bertz CT molecular complexity index is 871. The van der Waals surface area contributed by atoms with E-state index in [0.29, 0.717) is 5.69 Å². The van der Waals surface area contributed by atoms with Crippen molar-refractivity contribution in [3.8, 4) is 11.4 Å². The van der Waals surface area contributed by atoms with Gasteiger partial charge in [-0.25, -0.2) is 4.98 Å². The van der Waals surface area contributed by atoms with Crippen LogP contribution in [-0.4, -0.2) is 20.4 Å². The zero-order chi connectivity index (χ0) is 17.1. The molecule has 0 radical (unpaired) electrons. The normalized spacial score (nSPS) is 13.8. The van der Waals surface area contributed by atoms with Crippen molar-refractivity contribution in [2.24, 2.45) is 0 Å². The van der Waals surface area contributed by atoms with Gasteiger partial charge in [0.15, 0.2) is 0 Å². The van der Waals surface area contributed by atoms with E-state index >= 15 is 0 Å². The van der Waals surface area contributed by atoms with E-state index in [1.807, 2.05) is 30.3 Å². The number of fused-ring (bicyclic) bond motifs is 1. The van der Waals surface area contributed by atoms with Gasteiger partial charge in [-0.3, -0.25) is 9.78 Å². The van der Waals surface area contributed by atoms with Crippen LogP contribution in [0.5, 0.6) is 0 Å². The topological polar surface area (TPSA) is 59.8 Å². The molecule has 0 bridgehead atoms. The van der Waals surface area contributed by atoms with Crippen LogP contribution in [0.3, 0.4) is 0 Å². The van der Waals surface area contributed by atoms with Crippen LogP contribution in [0.25, 0.3) is 11.4 Å². The van der Waals surface area contributed by atoms with Crippen LogP contribution in [0.2, 0.25) is 0 Å². The zero-order valence-electron chi connectivity index (χ0n) is 14.0. The maximum Gasteiger partial charge on any atom is 0.276 e. The average Bonchev–Trinajstić information content (AvgIpc) is 2.85. The van der Waals surface area contributed by atoms with E-state index in [2.05, 4.69) is 14.9 Å². The van der Waals surface area contributed by atoms with E-state index in [4.69, 9.17) is 4.98 Å². The molecule has 0 saturated heterocycles. The summed E-state index contributed by atoms with van der Waals surface area (Å²) in [6, 6.07) is 13.7. The van der Waals surface area contributed by atoms with E-state index in [9.17, 15) is 4.79 Å². The number of carbonyl (C=O) groups is 1. The van der Waals surface area contributed by atoms with Crippen LogP contribution in [0, 0.1) is 0 Å². The maximum atomic E-state index is 12.8. The van der Waals surface area contributed by atoms with Gasteiger partial charge in [0.1, 0.15) is 11.5 Å². The number of nitrogens with zero attached hydrogens (tertiary/aromatic N) is 3. The number of aromatic nitrogens is 3. The smallest absolute Gasteiger partial charge is 0.276 e. The number of anilines is 1. The fourth-order valence-electron chi connectivity index (χ4n) is 3.33. The Hall–Kier alpha value is -2.95. The first-order chi connectivity index (χ1) is 12.3. The van der Waals surface area contributed by atoms with Gasteiger partial charge in [-0.1, -0.05) is 36.8 Å². The summed E-state index contributed by atoms with van der Waals surface area (Å²) in [4.78, 5) is 21.6. The molecule has 1 aliphatic heterocycles. The lowest BCUT2D eigenvalue weighted by atomic mass is 10.1. The molecule has 0 atom stereocenters. The predicted molar refractivity (Wildman–Crippen MR) is 97.4 cm³/mol. The van der Waals surface area contributed by atoms with Crippen LogP contribution < -0.4 is 5.32 Å². The van der Waals surface area contributed by atoms with Crippen molar-refractivity contribution in [2.75, 3.05) is 5.32 Å². The SMILES string of the molecule is O=C(Nc1ccncc1)c1nc(-c2ccccc2)n2c1CCCCC2. The monoisotopic (exact) mass is 332 g/mol. The molecule has 126 valence electrons. The number of imidazole rings is 1. The van der Waals surface area contributed by atoms with E-state index in [-0.39, 0.29) is 5.91 Å². The third kappa shape index (κ3) is 3.18. The summed E-state index contributed by atoms with van der Waals surface area (Å²) in [5.74, 6) is 0.733. The molecule has 1 aliphatic rings. The minimum absolute atomic E-state index is 0.154. The second kappa shape index (κ2) is 6.89. The van der Waals surface area contributed by atoms with E-state index in [1.165, 1.54) is 6.42 Å². The minimum Gasteiger partial charge on any atom is -0.327 e. The van der Waals surface area contributed by atoms with E-state index in [1.54, 1.807) is 24.5 Å². The van der Waals surface area contributed by atoms with Crippen molar-refractivity contribution in [2.45, 2.75) is 32.2 Å². The molecule has 0 fully saturated rings. The highest BCUT2D eigenvalue weighted by Crippen LogP contribution is 2.27. The third-order valence-corrected chi connectivity index (χ3v) is 4.55. The molecule has 5 nitrogen and oxygen atoms in total. The first kappa shape index (κ1) is 15.6. The molecule has 0 saturated carbocycles. The number of rotatable bonds is 3. The molecule has 2 aromatic heterocycles. The molecule has 1 amide bonds. The van der Waals surface area contributed by atoms with Gasteiger partial charge in [-0.05, 0) is 31.4 Å². The summed E-state index contributed by atoms with van der Waals surface area (Å²) < 4.78 is 2.23. The molecule has 1 aromatic carbocycles. The predicted octanol–water partition coefficient (Wildman–Crippen LogP) is 3.92. The zero-order valence-corrected chi connectivity index (χ0v) is 14.0. The van der Waals surface area contributed by atoms with Crippen molar-refractivity contribution >= 4 is 11.6 Å². The van der Waals surface area contributed by atoms with Crippen molar-refractivity contribution in [3.05, 3.63) is 66.2 Å². The van der Waals surface area contributed by atoms with Gasteiger partial charge in [0, 0.05) is 30.2 Å². The molecular formula is C20H20N4O. The Balaban J connectivity index is 1.75. The number of hydrogen-bond donors (Lipinski definition) is 1. The molecule has 4 rings (SSSR count). The van der Waals surface area contributed by atoms with E-state index in [0.717, 1.165) is 48.6 Å². The lowest BCUT2D eigenvalue weighted by molar-refractivity contribution is 0.102. The molecular weight excluding hydrogens is 312 g/mol. The first-order valence-corrected chi connectivity index (χ1v) is 8.69. The van der Waals surface area contributed by atoms with Crippen LogP contribution in [-0.2, 0) is 13.0 Å². The third-order valence-electron chi connectivity index (χ3n) is 4.55. The maximum absolute atomic E-state index is 12.8. The second-order valence-corrected chi connectivity index (χ2v) is 6.25. The average molecular weight is 332 g/mol. The fourth-order valence-corrected chi connectivity index (χ4v) is 3.33. The summed E-state index contributed by atoms with van der Waals surface area (Å²) in [6.45, 7) is 0.912. The summed E-state index contributed by atoms with van der Waals surface area (Å²) in [6.07, 6.45) is 7.61. The number of nitrogens with one attached hydrogen (secondary N) is 1. The highest BCUT2D eigenvalue weighted by atomic mass is 16.1. The first-order valence-electron chi connectivity index (χ1n) is 8.69. The molecule has 3 aromatic rings. The fraction of sp³-hybridized carbons (Fsp3) is 0.250. The van der Waals surface area contributed by atoms with E-state index < -0.39 is 0 Å². The van der Waals surface area contributed by atoms with Gasteiger partial charge in [0.25, 0.3) is 5.91 Å². The largest absolute Gasteiger partial charge is 0.327 e. The molecule has 0 spiro atoms. The van der Waals surface area contributed by atoms with Gasteiger partial charge in [0.2, 0.25) is 0 Å². The van der Waals surface area contributed by atoms with Crippen molar-refractivity contribution in [1.29, 1.82) is 0 Å².